The number of carbonyl (C=O) groups excluding carboxylic acids is 3. The van der Waals surface area contributed by atoms with Gasteiger partial charge >= 0.3 is 11.9 Å². The van der Waals surface area contributed by atoms with Crippen LogP contribution in [-0.2, 0) is 25.5 Å². The average Bonchev–Trinajstić information content (AvgIpc) is 3.40. The summed E-state index contributed by atoms with van der Waals surface area (Å²) in [6.07, 6.45) is 2.75. The lowest BCUT2D eigenvalue weighted by Gasteiger charge is -2.25. The van der Waals surface area contributed by atoms with Crippen molar-refractivity contribution in [3.63, 3.8) is 0 Å². The summed E-state index contributed by atoms with van der Waals surface area (Å²) >= 11 is 1.30. The molecule has 4 atom stereocenters. The molecule has 2 rings (SSSR count). The van der Waals surface area contributed by atoms with E-state index in [2.05, 4.69) is 36.0 Å². The summed E-state index contributed by atoms with van der Waals surface area (Å²) < 4.78 is 10.9. The Labute approximate surface area is 230 Å². The van der Waals surface area contributed by atoms with Gasteiger partial charge in [-0.1, -0.05) is 70.7 Å². The highest BCUT2D eigenvalue weighted by Crippen LogP contribution is 2.29. The van der Waals surface area contributed by atoms with Crippen LogP contribution in [0.2, 0.25) is 0 Å². The van der Waals surface area contributed by atoms with Gasteiger partial charge in [-0.2, -0.15) is 0 Å². The first-order chi connectivity index (χ1) is 18.2. The van der Waals surface area contributed by atoms with Crippen LogP contribution in [0.4, 0.5) is 0 Å². The Hall–Kier alpha value is -3.04. The molecule has 0 radical (unpaired) electrons. The molecule has 0 saturated heterocycles. The van der Waals surface area contributed by atoms with Crippen molar-refractivity contribution < 1.29 is 23.9 Å². The molecule has 208 valence electrons. The van der Waals surface area contributed by atoms with Crippen LogP contribution in [-0.4, -0.2) is 48.6 Å². The van der Waals surface area contributed by atoms with Gasteiger partial charge in [-0.25, -0.2) is 4.98 Å². The fraction of sp³-hybridized carbons (Fsp3) is 0.517. The number of aromatic nitrogens is 1. The van der Waals surface area contributed by atoms with E-state index in [0.29, 0.717) is 30.2 Å². The highest BCUT2D eigenvalue weighted by Gasteiger charge is 2.27. The van der Waals surface area contributed by atoms with E-state index in [0.717, 1.165) is 5.56 Å². The Morgan fingerprint density at radius 1 is 1.13 bits per heavy atom. The van der Waals surface area contributed by atoms with Crippen molar-refractivity contribution in [2.45, 2.75) is 71.6 Å². The molecule has 9 heteroatoms. The zero-order valence-electron chi connectivity index (χ0n) is 23.1. The van der Waals surface area contributed by atoms with Crippen LogP contribution in [0.15, 0.2) is 48.4 Å². The molecule has 1 aromatic heterocycles. The third-order valence-corrected chi connectivity index (χ3v) is 7.22. The van der Waals surface area contributed by atoms with Crippen molar-refractivity contribution in [1.82, 2.24) is 15.6 Å². The lowest BCUT2D eigenvalue weighted by atomic mass is 9.96. The van der Waals surface area contributed by atoms with E-state index in [1.54, 1.807) is 19.2 Å². The summed E-state index contributed by atoms with van der Waals surface area (Å²) in [6.45, 7) is 11.5. The molecule has 1 amide bonds. The van der Waals surface area contributed by atoms with E-state index < -0.39 is 12.0 Å². The normalized spacial score (nSPS) is 14.3. The fourth-order valence-corrected chi connectivity index (χ4v) is 4.93. The third-order valence-electron chi connectivity index (χ3n) is 6.28. The van der Waals surface area contributed by atoms with Gasteiger partial charge < -0.3 is 20.1 Å². The van der Waals surface area contributed by atoms with Gasteiger partial charge in [-0.3, -0.25) is 14.4 Å². The minimum absolute atomic E-state index is 0.114. The molecule has 38 heavy (non-hydrogen) atoms. The van der Waals surface area contributed by atoms with Gasteiger partial charge in [0.15, 0.2) is 6.10 Å². The van der Waals surface area contributed by atoms with Crippen molar-refractivity contribution in [3.05, 3.63) is 64.6 Å². The second-order valence-electron chi connectivity index (χ2n) is 9.69. The van der Waals surface area contributed by atoms with Gasteiger partial charge in [0.05, 0.1) is 5.92 Å². The van der Waals surface area contributed by atoms with Crippen LogP contribution in [0.5, 0.6) is 0 Å². The number of nitrogens with zero attached hydrogens (tertiary/aromatic N) is 1. The van der Waals surface area contributed by atoms with Crippen molar-refractivity contribution in [2.24, 2.45) is 11.8 Å². The fourth-order valence-electron chi connectivity index (χ4n) is 4.09. The van der Waals surface area contributed by atoms with E-state index in [1.807, 2.05) is 37.4 Å². The Balaban J connectivity index is 2.20. The molecule has 0 unspecified atom stereocenters. The van der Waals surface area contributed by atoms with Crippen LogP contribution in [0.3, 0.4) is 0 Å². The van der Waals surface area contributed by atoms with Crippen molar-refractivity contribution in [3.8, 4) is 0 Å². The molecule has 0 bridgehead atoms. The largest absolute Gasteiger partial charge is 0.461 e. The molecule has 0 spiro atoms. The second-order valence-corrected chi connectivity index (χ2v) is 10.6. The zero-order valence-corrected chi connectivity index (χ0v) is 23.9. The van der Waals surface area contributed by atoms with Crippen LogP contribution >= 0.6 is 11.3 Å². The molecule has 2 aromatic rings. The number of carbonyl (C=O) groups is 3. The Kier molecular flexibility index (Phi) is 13.2. The Bertz CT molecular complexity index is 1040. The van der Waals surface area contributed by atoms with Crippen molar-refractivity contribution in [2.75, 3.05) is 13.7 Å². The van der Waals surface area contributed by atoms with Gasteiger partial charge in [0.2, 0.25) is 0 Å². The Morgan fingerprint density at radius 2 is 1.84 bits per heavy atom. The summed E-state index contributed by atoms with van der Waals surface area (Å²) in [4.78, 5) is 42.3. The summed E-state index contributed by atoms with van der Waals surface area (Å²) in [6, 6.07) is 9.59. The number of ether oxygens (including phenoxy) is 2. The molecule has 0 aliphatic heterocycles. The van der Waals surface area contributed by atoms with E-state index >= 15 is 0 Å². The summed E-state index contributed by atoms with van der Waals surface area (Å²) in [5.41, 5.74) is 1.30. The lowest BCUT2D eigenvalue weighted by Crippen LogP contribution is -2.39. The maximum absolute atomic E-state index is 13.3. The van der Waals surface area contributed by atoms with E-state index in [-0.39, 0.29) is 48.7 Å². The van der Waals surface area contributed by atoms with Crippen LogP contribution in [0.25, 0.3) is 0 Å². The number of thiazole rings is 1. The standard InChI is InChI=1S/C29H41N3O5S/c1-7-14-36-29(35)20(5)15-22(16-21-12-10-9-11-13-21)31-27(34)24-18-38-28(32-24)25(37-26(33)8-2)17-23(30-6)19(3)4/h7,9-13,18-20,22-23,25,30H,1,8,14-17H2,2-6H3,(H,31,34)/t20-,22+,23+,25+/m0/s1. The molecule has 0 saturated carbocycles. The molecule has 1 heterocycles. The predicted octanol–water partition coefficient (Wildman–Crippen LogP) is 4.87. The summed E-state index contributed by atoms with van der Waals surface area (Å²) in [7, 11) is 1.88. The van der Waals surface area contributed by atoms with E-state index in [9.17, 15) is 14.4 Å². The molecular weight excluding hydrogens is 502 g/mol. The van der Waals surface area contributed by atoms with Gasteiger partial charge in [-0.15, -0.1) is 11.3 Å². The average molecular weight is 544 g/mol. The second kappa shape index (κ2) is 16.0. The zero-order chi connectivity index (χ0) is 28.1. The number of hydrogen-bond donors (Lipinski definition) is 2. The van der Waals surface area contributed by atoms with Crippen molar-refractivity contribution in [1.29, 1.82) is 0 Å². The first-order valence-corrected chi connectivity index (χ1v) is 14.0. The van der Waals surface area contributed by atoms with Crippen LogP contribution < -0.4 is 10.6 Å². The monoisotopic (exact) mass is 543 g/mol. The summed E-state index contributed by atoms with van der Waals surface area (Å²) in [5.74, 6) is -1.07. The van der Waals surface area contributed by atoms with Gasteiger partial charge in [0.25, 0.3) is 5.91 Å². The quantitative estimate of drug-likeness (QED) is 0.230. The van der Waals surface area contributed by atoms with Gasteiger partial charge in [0, 0.05) is 30.3 Å². The summed E-state index contributed by atoms with van der Waals surface area (Å²) in [5, 5.41) is 8.60. The SMILES string of the molecule is C=CCOC(=O)[C@@H](C)C[C@H](Cc1ccccc1)NC(=O)c1csc([C@@H](C[C@@H](NC)C(C)C)OC(=O)CC)n1. The number of benzene rings is 1. The van der Waals surface area contributed by atoms with E-state index in [4.69, 9.17) is 9.47 Å². The molecular formula is C29H41N3O5S. The first-order valence-electron chi connectivity index (χ1n) is 13.1. The van der Waals surface area contributed by atoms with Crippen LogP contribution in [0, 0.1) is 11.8 Å². The van der Waals surface area contributed by atoms with Gasteiger partial charge in [0.1, 0.15) is 17.3 Å². The maximum Gasteiger partial charge on any atom is 0.309 e. The molecule has 0 aliphatic carbocycles. The molecule has 0 aliphatic rings. The predicted molar refractivity (Wildman–Crippen MR) is 150 cm³/mol. The molecule has 8 nitrogen and oxygen atoms in total. The molecule has 0 fully saturated rings. The maximum atomic E-state index is 13.3. The first kappa shape index (κ1) is 31.2. The third kappa shape index (κ3) is 10.0. The Morgan fingerprint density at radius 3 is 2.45 bits per heavy atom. The number of hydrogen-bond acceptors (Lipinski definition) is 8. The number of rotatable bonds is 16. The highest BCUT2D eigenvalue weighted by molar-refractivity contribution is 7.09. The smallest absolute Gasteiger partial charge is 0.309 e. The van der Waals surface area contributed by atoms with Crippen molar-refractivity contribution >= 4 is 29.2 Å². The van der Waals surface area contributed by atoms with Crippen LogP contribution in [0.1, 0.15) is 74.1 Å². The van der Waals surface area contributed by atoms with Gasteiger partial charge in [-0.05, 0) is 31.4 Å². The number of nitrogens with one attached hydrogen (secondary N) is 2. The molecule has 2 N–H and O–H groups in total. The molecule has 1 aromatic carbocycles. The highest BCUT2D eigenvalue weighted by atomic mass is 32.1. The minimum Gasteiger partial charge on any atom is -0.461 e. The number of esters is 2. The van der Waals surface area contributed by atoms with E-state index in [1.165, 1.54) is 17.4 Å². The lowest BCUT2D eigenvalue weighted by molar-refractivity contribution is -0.150. The topological polar surface area (TPSA) is 107 Å². The number of amides is 1. The minimum atomic E-state index is -0.548.